The minimum absolute atomic E-state index is 0.339. The Bertz CT molecular complexity index is 484. The number of nitrogens with zero attached hydrogens (tertiary/aromatic N) is 3. The van der Waals surface area contributed by atoms with Crippen molar-refractivity contribution in [2.45, 2.75) is 0 Å². The number of nitrogens with two attached hydrogens (primary N) is 1. The standard InChI is InChI=1S/C5H5N5S2/c6-4-3-5(10(12)9-4)8-2(11)1-7-3/h1,12H,(H2,6,9)(H,8,11). The zero-order valence-corrected chi connectivity index (χ0v) is 7.56. The fraction of sp³-hybridized carbons (Fsp3) is 0. The Balaban J connectivity index is 3.00. The molecule has 0 atom stereocenters. The van der Waals surface area contributed by atoms with Crippen molar-refractivity contribution in [1.82, 2.24) is 19.2 Å². The van der Waals surface area contributed by atoms with Crippen LogP contribution in [0.15, 0.2) is 6.20 Å². The van der Waals surface area contributed by atoms with Crippen LogP contribution >= 0.6 is 25.0 Å². The maximum Gasteiger partial charge on any atom is 0.174 e. The van der Waals surface area contributed by atoms with E-state index in [2.05, 4.69) is 27.9 Å². The van der Waals surface area contributed by atoms with E-state index in [1.54, 1.807) is 0 Å². The van der Waals surface area contributed by atoms with Crippen LogP contribution in [0.4, 0.5) is 5.82 Å². The second kappa shape index (κ2) is 2.46. The molecule has 0 aliphatic carbocycles. The highest BCUT2D eigenvalue weighted by Crippen LogP contribution is 2.15. The number of nitrogen functional groups attached to an aromatic ring is 1. The normalized spacial score (nSPS) is 10.8. The number of H-pyrrole nitrogens is 1. The number of anilines is 1. The second-order valence-corrected chi connectivity index (χ2v) is 3.04. The van der Waals surface area contributed by atoms with Gasteiger partial charge in [0.1, 0.15) is 4.64 Å². The van der Waals surface area contributed by atoms with E-state index in [9.17, 15) is 0 Å². The van der Waals surface area contributed by atoms with E-state index in [1.807, 2.05) is 0 Å². The van der Waals surface area contributed by atoms with Crippen LogP contribution in [-0.2, 0) is 0 Å². The molecule has 0 saturated heterocycles. The van der Waals surface area contributed by atoms with Gasteiger partial charge >= 0.3 is 0 Å². The van der Waals surface area contributed by atoms with Gasteiger partial charge in [-0.2, -0.15) is 4.09 Å². The molecule has 2 aromatic heterocycles. The quantitative estimate of drug-likeness (QED) is 0.433. The predicted octanol–water partition coefficient (Wildman–Crippen LogP) is 0.764. The number of aromatic amines is 1. The summed E-state index contributed by atoms with van der Waals surface area (Å²) < 4.78 is 1.84. The highest BCUT2D eigenvalue weighted by atomic mass is 32.1. The molecule has 2 rings (SSSR count). The van der Waals surface area contributed by atoms with Crippen LogP contribution in [0.3, 0.4) is 0 Å². The highest BCUT2D eigenvalue weighted by Gasteiger charge is 2.06. The summed E-state index contributed by atoms with van der Waals surface area (Å²) >= 11 is 8.90. The smallest absolute Gasteiger partial charge is 0.174 e. The summed E-state index contributed by atoms with van der Waals surface area (Å²) in [5.74, 6) is 0.339. The molecule has 5 nitrogen and oxygen atoms in total. The van der Waals surface area contributed by atoms with Gasteiger partial charge in [0.15, 0.2) is 17.0 Å². The molecule has 0 fully saturated rings. The average Bonchev–Trinajstić information content (AvgIpc) is 2.28. The molecule has 12 heavy (non-hydrogen) atoms. The third-order valence-electron chi connectivity index (χ3n) is 1.42. The van der Waals surface area contributed by atoms with Gasteiger partial charge in [-0.05, 0) is 12.8 Å². The lowest BCUT2D eigenvalue weighted by atomic mass is 10.5. The second-order valence-electron chi connectivity index (χ2n) is 2.22. The molecule has 3 N–H and O–H groups in total. The molecule has 0 aliphatic rings. The van der Waals surface area contributed by atoms with Gasteiger partial charge in [0.05, 0.1) is 6.20 Å². The van der Waals surface area contributed by atoms with Gasteiger partial charge < -0.3 is 10.7 Å². The number of rotatable bonds is 0. The van der Waals surface area contributed by atoms with E-state index in [-0.39, 0.29) is 0 Å². The first-order chi connectivity index (χ1) is 5.68. The Morgan fingerprint density at radius 3 is 3.17 bits per heavy atom. The molecule has 0 spiro atoms. The lowest BCUT2D eigenvalue weighted by molar-refractivity contribution is 1.03. The lowest BCUT2D eigenvalue weighted by Gasteiger charge is -1.90. The van der Waals surface area contributed by atoms with E-state index in [1.165, 1.54) is 10.3 Å². The van der Waals surface area contributed by atoms with Crippen molar-refractivity contribution < 1.29 is 0 Å². The Labute approximate surface area is 78.1 Å². The number of hydrogen-bond donors (Lipinski definition) is 3. The van der Waals surface area contributed by atoms with Gasteiger partial charge in [0.2, 0.25) is 0 Å². The van der Waals surface area contributed by atoms with Crippen molar-refractivity contribution in [3.8, 4) is 0 Å². The minimum atomic E-state index is 0.339. The maximum absolute atomic E-state index is 5.53. The Hall–Kier alpha value is -1.08. The van der Waals surface area contributed by atoms with Gasteiger partial charge in [0.25, 0.3) is 0 Å². The van der Waals surface area contributed by atoms with Crippen LogP contribution < -0.4 is 5.73 Å². The summed E-state index contributed by atoms with van der Waals surface area (Å²) in [6.45, 7) is 0. The summed E-state index contributed by atoms with van der Waals surface area (Å²) in [5.41, 5.74) is 6.73. The van der Waals surface area contributed by atoms with Crippen LogP contribution in [0.5, 0.6) is 0 Å². The summed E-state index contributed by atoms with van der Waals surface area (Å²) in [7, 11) is 0. The molecule has 0 unspecified atom stereocenters. The summed E-state index contributed by atoms with van der Waals surface area (Å²) in [6.07, 6.45) is 1.52. The third kappa shape index (κ3) is 0.978. The van der Waals surface area contributed by atoms with Crippen molar-refractivity contribution in [3.63, 3.8) is 0 Å². The fourth-order valence-electron chi connectivity index (χ4n) is 0.924. The number of hydrogen-bond acceptors (Lipinski definition) is 5. The molecule has 0 radical (unpaired) electrons. The molecule has 0 amide bonds. The van der Waals surface area contributed by atoms with Crippen LogP contribution in [0, 0.1) is 4.64 Å². The Kier molecular flexibility index (Phi) is 1.55. The monoisotopic (exact) mass is 199 g/mol. The van der Waals surface area contributed by atoms with Crippen molar-refractivity contribution >= 4 is 42.0 Å². The number of nitrogens with one attached hydrogen (secondary N) is 1. The van der Waals surface area contributed by atoms with Crippen LogP contribution in [0.2, 0.25) is 0 Å². The van der Waals surface area contributed by atoms with Gasteiger partial charge in [0, 0.05) is 0 Å². The molecule has 0 aromatic carbocycles. The minimum Gasteiger partial charge on any atom is -0.380 e. The van der Waals surface area contributed by atoms with E-state index < -0.39 is 0 Å². The van der Waals surface area contributed by atoms with Crippen molar-refractivity contribution in [2.24, 2.45) is 0 Å². The van der Waals surface area contributed by atoms with E-state index in [0.717, 1.165) is 0 Å². The average molecular weight is 199 g/mol. The number of aromatic nitrogens is 4. The van der Waals surface area contributed by atoms with Gasteiger partial charge in [-0.15, -0.1) is 5.10 Å². The first-order valence-corrected chi connectivity index (χ1v) is 3.92. The molecular weight excluding hydrogens is 194 g/mol. The molecule has 2 heterocycles. The van der Waals surface area contributed by atoms with Gasteiger partial charge in [-0.1, -0.05) is 12.2 Å². The molecule has 0 aliphatic heterocycles. The molecule has 7 heteroatoms. The van der Waals surface area contributed by atoms with E-state index in [0.29, 0.717) is 21.6 Å². The zero-order chi connectivity index (χ0) is 8.72. The predicted molar refractivity (Wildman–Crippen MR) is 51.5 cm³/mol. The molecule has 0 bridgehead atoms. The summed E-state index contributed by atoms with van der Waals surface area (Å²) in [6, 6.07) is 0. The first-order valence-electron chi connectivity index (χ1n) is 3.11. The van der Waals surface area contributed by atoms with E-state index in [4.69, 9.17) is 18.0 Å². The number of fused-ring (bicyclic) bond motifs is 1. The topological polar surface area (TPSA) is 72.5 Å². The molecular formula is C5H5N5S2. The summed E-state index contributed by atoms with van der Waals surface area (Å²) in [4.78, 5) is 6.88. The third-order valence-corrected chi connectivity index (χ3v) is 1.92. The highest BCUT2D eigenvalue weighted by molar-refractivity contribution is 7.78. The van der Waals surface area contributed by atoms with Gasteiger partial charge in [-0.25, -0.2) is 4.98 Å². The maximum atomic E-state index is 5.53. The van der Waals surface area contributed by atoms with Crippen LogP contribution in [0.25, 0.3) is 11.2 Å². The van der Waals surface area contributed by atoms with Crippen LogP contribution in [-0.4, -0.2) is 19.2 Å². The zero-order valence-electron chi connectivity index (χ0n) is 5.85. The Morgan fingerprint density at radius 1 is 1.67 bits per heavy atom. The van der Waals surface area contributed by atoms with Crippen molar-refractivity contribution in [1.29, 1.82) is 0 Å². The van der Waals surface area contributed by atoms with Gasteiger partial charge in [-0.3, -0.25) is 0 Å². The molecule has 62 valence electrons. The molecule has 2 aromatic rings. The molecule has 0 saturated carbocycles. The van der Waals surface area contributed by atoms with Crippen molar-refractivity contribution in [2.75, 3.05) is 5.73 Å². The SMILES string of the molecule is Nc1nn(S)c2[nH]c(=S)cnc12. The largest absolute Gasteiger partial charge is 0.380 e. The summed E-state index contributed by atoms with van der Waals surface area (Å²) in [5, 5.41) is 3.85. The van der Waals surface area contributed by atoms with E-state index >= 15 is 0 Å². The fourth-order valence-corrected chi connectivity index (χ4v) is 1.31. The first kappa shape index (κ1) is 7.56. The van der Waals surface area contributed by atoms with Crippen molar-refractivity contribution in [3.05, 3.63) is 10.8 Å². The Morgan fingerprint density at radius 2 is 2.42 bits per heavy atom. The lowest BCUT2D eigenvalue weighted by Crippen LogP contribution is -1.86. The van der Waals surface area contributed by atoms with Crippen LogP contribution in [0.1, 0.15) is 0 Å². The number of thiol groups is 1.